The van der Waals surface area contributed by atoms with Gasteiger partial charge in [0, 0.05) is 53.3 Å². The molecule has 34 heavy (non-hydrogen) atoms. The van der Waals surface area contributed by atoms with Gasteiger partial charge >= 0.3 is 0 Å². The van der Waals surface area contributed by atoms with Crippen molar-refractivity contribution < 1.29 is 14.5 Å². The van der Waals surface area contributed by atoms with Crippen LogP contribution in [0.1, 0.15) is 40.2 Å². The number of ketones is 1. The van der Waals surface area contributed by atoms with E-state index in [0.29, 0.717) is 23.4 Å². The Bertz CT molecular complexity index is 1330. The molecule has 0 saturated carbocycles. The summed E-state index contributed by atoms with van der Waals surface area (Å²) < 4.78 is 0. The number of para-hydroxylation sites is 1. The number of aromatic nitrogens is 1. The first kappa shape index (κ1) is 20.7. The number of nitrogens with zero attached hydrogens (tertiary/aromatic N) is 3. The molecule has 4 atom stereocenters. The molecule has 2 saturated heterocycles. The van der Waals surface area contributed by atoms with Crippen LogP contribution < -0.4 is 5.32 Å². The van der Waals surface area contributed by atoms with Gasteiger partial charge in [-0.1, -0.05) is 30.3 Å². The Balaban J connectivity index is 1.62. The monoisotopic (exact) mass is 454 g/mol. The van der Waals surface area contributed by atoms with Gasteiger partial charge in [-0.25, -0.2) is 0 Å². The summed E-state index contributed by atoms with van der Waals surface area (Å²) in [5.74, 6) is -1.48. The minimum Gasteiger partial charge on any atom is -0.324 e. The van der Waals surface area contributed by atoms with E-state index < -0.39 is 16.4 Å². The largest absolute Gasteiger partial charge is 0.324 e. The molecule has 0 radical (unpaired) electrons. The number of amides is 1. The number of hydrogen-bond acceptors (Lipinski definition) is 6. The third-order valence-corrected chi connectivity index (χ3v) is 7.62. The number of carbonyl (C=O) groups excluding carboxylic acids is 2. The molecule has 1 aromatic heterocycles. The van der Waals surface area contributed by atoms with Crippen LogP contribution in [0.25, 0.3) is 0 Å². The number of non-ortho nitro benzene ring substituents is 1. The zero-order chi connectivity index (χ0) is 23.4. The summed E-state index contributed by atoms with van der Waals surface area (Å²) in [4.78, 5) is 45.5. The van der Waals surface area contributed by atoms with Crippen LogP contribution >= 0.6 is 0 Å². The van der Waals surface area contributed by atoms with Gasteiger partial charge in [-0.3, -0.25) is 29.6 Å². The minimum atomic E-state index is -1.17. The van der Waals surface area contributed by atoms with E-state index in [9.17, 15) is 19.7 Å². The lowest BCUT2D eigenvalue weighted by Gasteiger charge is -2.36. The van der Waals surface area contributed by atoms with Crippen molar-refractivity contribution in [2.45, 2.75) is 30.3 Å². The maximum Gasteiger partial charge on any atom is 0.269 e. The van der Waals surface area contributed by atoms with E-state index in [1.165, 1.54) is 6.07 Å². The lowest BCUT2D eigenvalue weighted by Crippen LogP contribution is -2.52. The van der Waals surface area contributed by atoms with Gasteiger partial charge in [0.25, 0.3) is 5.69 Å². The standard InChI is InChI=1S/C26H22N4O4/c31-24(16-10-12-27-13-11-16)23-22(17-5-3-6-18(15-17)30(33)34)21-9-4-14-29(21)26(23)19-7-1-2-8-20(19)28-25(26)32/h1-3,5-8,10-13,15,21-23H,4,9,14H2,(H,28,32). The summed E-state index contributed by atoms with van der Waals surface area (Å²) in [5, 5.41) is 14.6. The Labute approximate surface area is 195 Å². The Morgan fingerprint density at radius 2 is 1.91 bits per heavy atom. The SMILES string of the molecule is O=C(c1ccncc1)C1C(c2cccc([N+](=O)[O-])c2)C2CCCN2C12C(=O)Nc1ccccc12. The highest BCUT2D eigenvalue weighted by molar-refractivity contribution is 6.12. The predicted octanol–water partition coefficient (Wildman–Crippen LogP) is 3.90. The molecule has 2 fully saturated rings. The average Bonchev–Trinajstić information content (AvgIpc) is 3.52. The van der Waals surface area contributed by atoms with Crippen molar-refractivity contribution in [1.29, 1.82) is 0 Å². The van der Waals surface area contributed by atoms with Crippen LogP contribution in [0.15, 0.2) is 73.1 Å². The van der Waals surface area contributed by atoms with Crippen molar-refractivity contribution in [3.63, 3.8) is 0 Å². The van der Waals surface area contributed by atoms with E-state index in [2.05, 4.69) is 15.2 Å². The van der Waals surface area contributed by atoms with Gasteiger partial charge in [0.1, 0.15) is 5.54 Å². The van der Waals surface area contributed by atoms with Gasteiger partial charge in [-0.05, 0) is 43.1 Å². The molecule has 170 valence electrons. The second kappa shape index (κ2) is 7.56. The van der Waals surface area contributed by atoms with Crippen LogP contribution in [0.2, 0.25) is 0 Å². The van der Waals surface area contributed by atoms with Crippen molar-refractivity contribution in [3.05, 3.63) is 99.9 Å². The fourth-order valence-corrected chi connectivity index (χ4v) is 6.43. The summed E-state index contributed by atoms with van der Waals surface area (Å²) in [5.41, 5.74) is 1.51. The number of benzene rings is 2. The molecule has 1 N–H and O–H groups in total. The first-order valence-corrected chi connectivity index (χ1v) is 11.4. The number of pyridine rings is 1. The summed E-state index contributed by atoms with van der Waals surface area (Å²) in [6.45, 7) is 0.679. The lowest BCUT2D eigenvalue weighted by molar-refractivity contribution is -0.384. The second-order valence-corrected chi connectivity index (χ2v) is 9.12. The van der Waals surface area contributed by atoms with Gasteiger partial charge in [-0.15, -0.1) is 0 Å². The van der Waals surface area contributed by atoms with Crippen LogP contribution in [0.4, 0.5) is 11.4 Å². The van der Waals surface area contributed by atoms with Crippen LogP contribution in [-0.4, -0.2) is 39.1 Å². The fourth-order valence-electron chi connectivity index (χ4n) is 6.43. The molecule has 3 aliphatic rings. The highest BCUT2D eigenvalue weighted by Crippen LogP contribution is 2.61. The van der Waals surface area contributed by atoms with E-state index in [1.807, 2.05) is 30.3 Å². The number of nitro benzene ring substituents is 1. The first-order valence-electron chi connectivity index (χ1n) is 11.4. The van der Waals surface area contributed by atoms with Crippen LogP contribution in [0, 0.1) is 16.0 Å². The number of rotatable bonds is 4. The quantitative estimate of drug-likeness (QED) is 0.364. The number of carbonyl (C=O) groups is 2. The highest BCUT2D eigenvalue weighted by atomic mass is 16.6. The van der Waals surface area contributed by atoms with Gasteiger partial charge < -0.3 is 5.32 Å². The molecule has 0 aliphatic carbocycles. The molecule has 6 rings (SSSR count). The third-order valence-electron chi connectivity index (χ3n) is 7.62. The lowest BCUT2D eigenvalue weighted by atomic mass is 9.69. The normalized spacial score (nSPS) is 27.4. The van der Waals surface area contributed by atoms with Gasteiger partial charge in [-0.2, -0.15) is 0 Å². The minimum absolute atomic E-state index is 0.0191. The van der Waals surface area contributed by atoms with Gasteiger partial charge in [0.15, 0.2) is 5.78 Å². The fraction of sp³-hybridized carbons (Fsp3) is 0.269. The maximum atomic E-state index is 14.2. The smallest absolute Gasteiger partial charge is 0.269 e. The Hall–Kier alpha value is -3.91. The number of anilines is 1. The van der Waals surface area contributed by atoms with E-state index in [-0.39, 0.29) is 29.3 Å². The molecular weight excluding hydrogens is 432 g/mol. The van der Waals surface area contributed by atoms with Crippen molar-refractivity contribution >= 4 is 23.1 Å². The number of nitrogens with one attached hydrogen (secondary N) is 1. The summed E-state index contributed by atoms with van der Waals surface area (Å²) in [7, 11) is 0. The van der Waals surface area contributed by atoms with Crippen LogP contribution in [0.3, 0.4) is 0 Å². The van der Waals surface area contributed by atoms with E-state index >= 15 is 0 Å². The van der Waals surface area contributed by atoms with E-state index in [1.54, 1.807) is 36.7 Å². The number of hydrogen-bond donors (Lipinski definition) is 1. The molecule has 1 amide bonds. The molecule has 3 aromatic rings. The molecule has 8 heteroatoms. The number of nitro groups is 1. The summed E-state index contributed by atoms with van der Waals surface area (Å²) in [6, 6.07) is 17.3. The molecule has 0 bridgehead atoms. The molecule has 8 nitrogen and oxygen atoms in total. The third kappa shape index (κ3) is 2.72. The molecule has 4 unspecified atom stereocenters. The molecular formula is C26H22N4O4. The Kier molecular flexibility index (Phi) is 4.60. The summed E-state index contributed by atoms with van der Waals surface area (Å²) >= 11 is 0. The van der Waals surface area contributed by atoms with Crippen molar-refractivity contribution in [1.82, 2.24) is 9.88 Å². The number of fused-ring (bicyclic) bond motifs is 4. The van der Waals surface area contributed by atoms with E-state index in [4.69, 9.17) is 0 Å². The Morgan fingerprint density at radius 3 is 2.71 bits per heavy atom. The molecule has 3 aliphatic heterocycles. The van der Waals surface area contributed by atoms with Gasteiger partial charge in [0.2, 0.25) is 5.91 Å². The average molecular weight is 454 g/mol. The predicted molar refractivity (Wildman–Crippen MR) is 124 cm³/mol. The van der Waals surface area contributed by atoms with Crippen molar-refractivity contribution in [2.75, 3.05) is 11.9 Å². The zero-order valence-electron chi connectivity index (χ0n) is 18.3. The first-order chi connectivity index (χ1) is 16.5. The summed E-state index contributed by atoms with van der Waals surface area (Å²) in [6.07, 6.45) is 4.84. The van der Waals surface area contributed by atoms with Crippen LogP contribution in [0.5, 0.6) is 0 Å². The topological polar surface area (TPSA) is 105 Å². The number of Topliss-reactive ketones (excluding diaryl/α,β-unsaturated/α-hetero) is 1. The zero-order valence-corrected chi connectivity index (χ0v) is 18.3. The van der Waals surface area contributed by atoms with Crippen molar-refractivity contribution in [2.24, 2.45) is 5.92 Å². The molecule has 1 spiro atoms. The molecule has 2 aromatic carbocycles. The second-order valence-electron chi connectivity index (χ2n) is 9.12. The maximum absolute atomic E-state index is 14.2. The van der Waals surface area contributed by atoms with Crippen LogP contribution in [-0.2, 0) is 10.3 Å². The van der Waals surface area contributed by atoms with Crippen molar-refractivity contribution in [3.8, 4) is 0 Å². The van der Waals surface area contributed by atoms with E-state index in [0.717, 1.165) is 18.4 Å². The highest BCUT2D eigenvalue weighted by Gasteiger charge is 2.69. The Morgan fingerprint density at radius 1 is 1.12 bits per heavy atom. The molecule has 4 heterocycles. The van der Waals surface area contributed by atoms with Gasteiger partial charge in [0.05, 0.1) is 10.8 Å².